The van der Waals surface area contributed by atoms with Gasteiger partial charge in [-0.05, 0) is 29.7 Å². The smallest absolute Gasteiger partial charge is 0.525 e. The van der Waals surface area contributed by atoms with Gasteiger partial charge in [0.05, 0.1) is 17.1 Å². The number of aromatic nitrogens is 1. The summed E-state index contributed by atoms with van der Waals surface area (Å²) in [5.41, 5.74) is 5.55. The van der Waals surface area contributed by atoms with Gasteiger partial charge in [-0.25, -0.2) is 0 Å². The number of benzene rings is 2. The first-order valence-electron chi connectivity index (χ1n) is 7.03. The van der Waals surface area contributed by atoms with Gasteiger partial charge in [0.2, 0.25) is 0 Å². The second-order valence-electron chi connectivity index (χ2n) is 5.27. The van der Waals surface area contributed by atoms with Crippen molar-refractivity contribution >= 4 is 23.9 Å². The molecule has 0 bridgehead atoms. The van der Waals surface area contributed by atoms with E-state index in [0.29, 0.717) is 0 Å². The van der Waals surface area contributed by atoms with Crippen molar-refractivity contribution < 1.29 is 4.65 Å². The van der Waals surface area contributed by atoms with Gasteiger partial charge in [-0.1, -0.05) is 36.4 Å². The number of fused-ring (bicyclic) bond motifs is 8. The lowest BCUT2D eigenvalue weighted by Gasteiger charge is -2.30. The summed E-state index contributed by atoms with van der Waals surface area (Å²) < 4.78 is 6.19. The predicted octanol–water partition coefficient (Wildman–Crippen LogP) is 2.99. The fourth-order valence-electron chi connectivity index (χ4n) is 3.24. The van der Waals surface area contributed by atoms with Crippen LogP contribution in [0.3, 0.4) is 0 Å². The van der Waals surface area contributed by atoms with Crippen molar-refractivity contribution in [2.75, 3.05) is 4.81 Å². The molecule has 98 valence electrons. The summed E-state index contributed by atoms with van der Waals surface area (Å²) in [6.45, 7) is 0. The summed E-state index contributed by atoms with van der Waals surface area (Å²) in [6, 6.07) is 20.6. The summed E-state index contributed by atoms with van der Waals surface area (Å²) in [5, 5.41) is 0. The molecule has 0 saturated carbocycles. The van der Waals surface area contributed by atoms with E-state index in [4.69, 9.17) is 4.65 Å². The third kappa shape index (κ3) is 1.36. The van der Waals surface area contributed by atoms with Crippen molar-refractivity contribution in [3.8, 4) is 17.0 Å². The molecule has 3 heterocycles. The Morgan fingerprint density at radius 1 is 0.857 bits per heavy atom. The van der Waals surface area contributed by atoms with Crippen LogP contribution in [-0.2, 0) is 0 Å². The molecule has 0 fully saturated rings. The first-order valence-corrected chi connectivity index (χ1v) is 7.03. The van der Waals surface area contributed by atoms with E-state index >= 15 is 0 Å². The summed E-state index contributed by atoms with van der Waals surface area (Å²) >= 11 is 0. The van der Waals surface area contributed by atoms with E-state index in [0.717, 1.165) is 28.4 Å². The molecule has 0 unspecified atom stereocenters. The number of pyridine rings is 1. The van der Waals surface area contributed by atoms with Crippen molar-refractivity contribution in [1.82, 2.24) is 4.98 Å². The number of para-hydroxylation sites is 2. The Bertz CT molecular complexity index is 865. The van der Waals surface area contributed by atoms with E-state index in [-0.39, 0.29) is 7.05 Å². The van der Waals surface area contributed by atoms with Gasteiger partial charge in [0.1, 0.15) is 5.75 Å². The average Bonchev–Trinajstić information content (AvgIpc) is 2.95. The second-order valence-corrected chi connectivity index (χ2v) is 5.27. The van der Waals surface area contributed by atoms with Crippen LogP contribution < -0.4 is 14.9 Å². The molecule has 5 rings (SSSR count). The maximum atomic E-state index is 6.19. The van der Waals surface area contributed by atoms with Gasteiger partial charge in [-0.3, -0.25) is 4.98 Å². The first kappa shape index (κ1) is 11.0. The Labute approximate surface area is 123 Å². The summed E-state index contributed by atoms with van der Waals surface area (Å²) in [4.78, 5) is 6.83. The van der Waals surface area contributed by atoms with Gasteiger partial charge >= 0.3 is 7.05 Å². The average molecular weight is 270 g/mol. The Morgan fingerprint density at radius 3 is 2.67 bits per heavy atom. The van der Waals surface area contributed by atoms with E-state index in [1.165, 1.54) is 5.46 Å². The normalized spacial score (nSPS) is 13.9. The molecule has 0 saturated heterocycles. The Kier molecular flexibility index (Phi) is 2.03. The highest BCUT2D eigenvalue weighted by atomic mass is 16.5. The molecule has 0 atom stereocenters. The fourth-order valence-corrected chi connectivity index (χ4v) is 3.24. The lowest BCUT2D eigenvalue weighted by molar-refractivity contribution is 0.603. The summed E-state index contributed by atoms with van der Waals surface area (Å²) in [5.74, 6) is 0.925. The minimum absolute atomic E-state index is 0.102. The predicted molar refractivity (Wildman–Crippen MR) is 84.3 cm³/mol. The van der Waals surface area contributed by atoms with Gasteiger partial charge in [0.15, 0.2) is 0 Å². The molecular formula is C17H11BN2O. The van der Waals surface area contributed by atoms with E-state index in [9.17, 15) is 0 Å². The molecule has 3 aromatic rings. The molecule has 4 heteroatoms. The highest BCUT2D eigenvalue weighted by Gasteiger charge is 2.45. The number of hydrogen-bond donors (Lipinski definition) is 0. The zero-order valence-corrected chi connectivity index (χ0v) is 11.2. The molecule has 2 aromatic carbocycles. The molecule has 2 aliphatic rings. The van der Waals surface area contributed by atoms with Crippen LogP contribution in [0.5, 0.6) is 5.75 Å². The highest BCUT2D eigenvalue weighted by Crippen LogP contribution is 2.45. The van der Waals surface area contributed by atoms with E-state index < -0.39 is 0 Å². The van der Waals surface area contributed by atoms with E-state index in [2.05, 4.69) is 46.2 Å². The summed E-state index contributed by atoms with van der Waals surface area (Å²) in [7, 11) is -0.102. The standard InChI is InChI=1S/C17H11BN2O/c1-2-7-13-12(6-1)17-15(9-5-11-19-17)20-14-8-3-4-10-16(14)21-18(13)20/h1-11H. The molecule has 21 heavy (non-hydrogen) atoms. The minimum atomic E-state index is -0.102. The Balaban J connectivity index is 1.85. The minimum Gasteiger partial charge on any atom is -0.536 e. The van der Waals surface area contributed by atoms with Crippen LogP contribution in [0.15, 0.2) is 66.9 Å². The summed E-state index contributed by atoms with van der Waals surface area (Å²) in [6.07, 6.45) is 1.85. The first-order chi connectivity index (χ1) is 10.4. The molecule has 2 aliphatic heterocycles. The zero-order valence-electron chi connectivity index (χ0n) is 11.2. The number of nitrogens with zero attached hydrogens (tertiary/aromatic N) is 2. The number of rotatable bonds is 0. The highest BCUT2D eigenvalue weighted by molar-refractivity contribution is 6.77. The van der Waals surface area contributed by atoms with Crippen LogP contribution in [0.1, 0.15) is 0 Å². The van der Waals surface area contributed by atoms with Crippen LogP contribution >= 0.6 is 0 Å². The maximum absolute atomic E-state index is 6.19. The van der Waals surface area contributed by atoms with Crippen LogP contribution in [0.4, 0.5) is 11.4 Å². The third-order valence-corrected chi connectivity index (χ3v) is 4.13. The number of hydrogen-bond acceptors (Lipinski definition) is 3. The van der Waals surface area contributed by atoms with Gasteiger partial charge in [-0.15, -0.1) is 0 Å². The number of anilines is 2. The molecule has 0 radical (unpaired) electrons. The van der Waals surface area contributed by atoms with Crippen LogP contribution in [-0.4, -0.2) is 12.0 Å². The van der Waals surface area contributed by atoms with Gasteiger partial charge in [0.25, 0.3) is 0 Å². The van der Waals surface area contributed by atoms with Crippen LogP contribution in [0.2, 0.25) is 0 Å². The zero-order chi connectivity index (χ0) is 13.8. The monoisotopic (exact) mass is 270 g/mol. The van der Waals surface area contributed by atoms with Gasteiger partial charge in [-0.2, -0.15) is 0 Å². The van der Waals surface area contributed by atoms with E-state index in [1.54, 1.807) is 0 Å². The molecule has 0 aliphatic carbocycles. The second kappa shape index (κ2) is 3.89. The largest absolute Gasteiger partial charge is 0.536 e. The topological polar surface area (TPSA) is 25.4 Å². The van der Waals surface area contributed by atoms with Crippen molar-refractivity contribution in [1.29, 1.82) is 0 Å². The van der Waals surface area contributed by atoms with Gasteiger partial charge < -0.3 is 9.47 Å². The molecular weight excluding hydrogens is 259 g/mol. The molecule has 0 N–H and O–H groups in total. The SMILES string of the molecule is c1ccc2c(c1)OB1c3ccccc3-c3ncccc3N12. The van der Waals surface area contributed by atoms with Crippen molar-refractivity contribution in [2.45, 2.75) is 0 Å². The Hall–Kier alpha value is -2.75. The van der Waals surface area contributed by atoms with Crippen molar-refractivity contribution in [2.24, 2.45) is 0 Å². The van der Waals surface area contributed by atoms with E-state index in [1.807, 2.05) is 30.5 Å². The van der Waals surface area contributed by atoms with Gasteiger partial charge in [0, 0.05) is 11.8 Å². The lowest BCUT2D eigenvalue weighted by atomic mass is 9.66. The third-order valence-electron chi connectivity index (χ3n) is 4.13. The fraction of sp³-hybridized carbons (Fsp3) is 0. The van der Waals surface area contributed by atoms with Crippen molar-refractivity contribution in [3.05, 3.63) is 66.9 Å². The molecule has 0 amide bonds. The Morgan fingerprint density at radius 2 is 1.67 bits per heavy atom. The maximum Gasteiger partial charge on any atom is 0.525 e. The molecule has 1 aromatic heterocycles. The lowest BCUT2D eigenvalue weighted by Crippen LogP contribution is -2.50. The van der Waals surface area contributed by atoms with Crippen molar-refractivity contribution in [3.63, 3.8) is 0 Å². The quantitative estimate of drug-likeness (QED) is 0.587. The van der Waals surface area contributed by atoms with Crippen LogP contribution in [0, 0.1) is 0 Å². The molecule has 3 nitrogen and oxygen atoms in total. The van der Waals surface area contributed by atoms with Crippen LogP contribution in [0.25, 0.3) is 11.3 Å². The molecule has 0 spiro atoms.